The van der Waals surface area contributed by atoms with Gasteiger partial charge in [0.15, 0.2) is 0 Å². The summed E-state index contributed by atoms with van der Waals surface area (Å²) in [6.07, 6.45) is 4.33. The molecule has 4 rings (SSSR count). The monoisotopic (exact) mass is 417 g/mol. The minimum absolute atomic E-state index is 0.0538. The minimum atomic E-state index is -0.0538. The lowest BCUT2D eigenvalue weighted by atomic mass is 10.1. The highest BCUT2D eigenvalue weighted by Crippen LogP contribution is 2.30. The van der Waals surface area contributed by atoms with Crippen LogP contribution in [-0.4, -0.2) is 41.6 Å². The molecule has 31 heavy (non-hydrogen) atoms. The Kier molecular flexibility index (Phi) is 6.73. The average Bonchev–Trinajstić information content (AvgIpc) is 3.41. The van der Waals surface area contributed by atoms with Crippen molar-refractivity contribution in [1.82, 2.24) is 14.8 Å². The van der Waals surface area contributed by atoms with E-state index in [1.807, 2.05) is 41.0 Å². The van der Waals surface area contributed by atoms with Crippen LogP contribution in [0.15, 0.2) is 61.2 Å². The van der Waals surface area contributed by atoms with Crippen LogP contribution < -0.4 is 10.1 Å². The molecule has 1 aliphatic heterocycles. The van der Waals surface area contributed by atoms with E-state index < -0.39 is 0 Å². The van der Waals surface area contributed by atoms with Crippen molar-refractivity contribution in [2.45, 2.75) is 32.9 Å². The molecule has 0 atom stereocenters. The van der Waals surface area contributed by atoms with Gasteiger partial charge in [0.25, 0.3) is 5.91 Å². The Morgan fingerprint density at radius 3 is 2.74 bits per heavy atom. The molecule has 0 radical (unpaired) electrons. The number of hydrogen-bond donors (Lipinski definition) is 1. The maximum atomic E-state index is 13.0. The lowest BCUT2D eigenvalue weighted by Crippen LogP contribution is -2.34. The maximum absolute atomic E-state index is 13.0. The Bertz CT molecular complexity index is 1060. The third kappa shape index (κ3) is 5.00. The number of aromatic nitrogens is 1. The van der Waals surface area contributed by atoms with Gasteiger partial charge in [-0.05, 0) is 56.6 Å². The summed E-state index contributed by atoms with van der Waals surface area (Å²) in [6, 6.07) is 16.2. The van der Waals surface area contributed by atoms with Crippen molar-refractivity contribution < 1.29 is 9.53 Å². The maximum Gasteiger partial charge on any atom is 0.268 e. The van der Waals surface area contributed by atoms with Gasteiger partial charge < -0.3 is 19.5 Å². The summed E-state index contributed by atoms with van der Waals surface area (Å²) in [6.45, 7) is 10.8. The number of hydrogen-bond acceptors (Lipinski definition) is 3. The van der Waals surface area contributed by atoms with E-state index in [0.29, 0.717) is 25.4 Å². The molecular weight excluding hydrogens is 386 g/mol. The van der Waals surface area contributed by atoms with Gasteiger partial charge in [0, 0.05) is 25.0 Å². The standard InChI is InChI=1S/C26H31N3O2/c1-3-13-29-23-10-7-11-25(31-19-21-9-6-8-20(2)17-21)22(23)18-24(29)26(30)27-12-16-28-14-4-5-15-28/h3,6-11,17-18H,1,4-5,12-16,19H2,2H3,(H,27,30). The van der Waals surface area contributed by atoms with Crippen molar-refractivity contribution in [2.24, 2.45) is 0 Å². The summed E-state index contributed by atoms with van der Waals surface area (Å²) in [4.78, 5) is 15.4. The summed E-state index contributed by atoms with van der Waals surface area (Å²) in [7, 11) is 0. The number of allylic oxidation sites excluding steroid dienone is 1. The fraction of sp³-hybridized carbons (Fsp3) is 0.346. The zero-order chi connectivity index (χ0) is 21.6. The van der Waals surface area contributed by atoms with Crippen LogP contribution in [-0.2, 0) is 13.2 Å². The number of carbonyl (C=O) groups excluding carboxylic acids is 1. The van der Waals surface area contributed by atoms with Gasteiger partial charge in [-0.15, -0.1) is 6.58 Å². The second kappa shape index (κ2) is 9.84. The number of rotatable bonds is 9. The molecule has 1 aliphatic rings. The molecule has 0 spiro atoms. The molecule has 1 amide bonds. The number of fused-ring (bicyclic) bond motifs is 1. The lowest BCUT2D eigenvalue weighted by Gasteiger charge is -2.15. The molecule has 5 nitrogen and oxygen atoms in total. The van der Waals surface area contributed by atoms with E-state index in [1.165, 1.54) is 18.4 Å². The zero-order valence-corrected chi connectivity index (χ0v) is 18.3. The van der Waals surface area contributed by atoms with E-state index in [-0.39, 0.29) is 5.91 Å². The second-order valence-electron chi connectivity index (χ2n) is 8.20. The molecule has 0 bridgehead atoms. The van der Waals surface area contributed by atoms with E-state index >= 15 is 0 Å². The van der Waals surface area contributed by atoms with Crippen molar-refractivity contribution in [3.63, 3.8) is 0 Å². The van der Waals surface area contributed by atoms with E-state index in [1.54, 1.807) is 0 Å². The lowest BCUT2D eigenvalue weighted by molar-refractivity contribution is 0.0941. The predicted octanol–water partition coefficient (Wildman–Crippen LogP) is 4.54. The van der Waals surface area contributed by atoms with Gasteiger partial charge in [0.05, 0.1) is 5.52 Å². The van der Waals surface area contributed by atoms with Crippen LogP contribution in [0.4, 0.5) is 0 Å². The van der Waals surface area contributed by atoms with E-state index in [0.717, 1.165) is 41.9 Å². The molecule has 0 saturated carbocycles. The smallest absolute Gasteiger partial charge is 0.268 e. The molecule has 1 fully saturated rings. The Morgan fingerprint density at radius 1 is 1.16 bits per heavy atom. The summed E-state index contributed by atoms with van der Waals surface area (Å²) >= 11 is 0. The van der Waals surface area contributed by atoms with Gasteiger partial charge in [0.2, 0.25) is 0 Å². The van der Waals surface area contributed by atoms with Crippen molar-refractivity contribution in [3.05, 3.63) is 78.0 Å². The van der Waals surface area contributed by atoms with Crippen molar-refractivity contribution in [1.29, 1.82) is 0 Å². The number of carbonyl (C=O) groups is 1. The van der Waals surface area contributed by atoms with Crippen LogP contribution in [0.2, 0.25) is 0 Å². The minimum Gasteiger partial charge on any atom is -0.488 e. The first-order valence-corrected chi connectivity index (χ1v) is 11.1. The van der Waals surface area contributed by atoms with Crippen molar-refractivity contribution >= 4 is 16.8 Å². The molecule has 5 heteroatoms. The number of aryl methyl sites for hydroxylation is 1. The first-order chi connectivity index (χ1) is 15.2. The molecule has 2 heterocycles. The van der Waals surface area contributed by atoms with Crippen LogP contribution in [0.5, 0.6) is 5.75 Å². The number of benzene rings is 2. The SMILES string of the molecule is C=CCn1c(C(=O)NCCN2CCCC2)cc2c(OCc3cccc(C)c3)cccc21. The fourth-order valence-corrected chi connectivity index (χ4v) is 4.28. The average molecular weight is 418 g/mol. The number of likely N-dealkylation sites (tertiary alicyclic amines) is 1. The molecule has 162 valence electrons. The summed E-state index contributed by atoms with van der Waals surface area (Å²) in [5, 5.41) is 4.04. The number of ether oxygens (including phenoxy) is 1. The molecule has 1 aromatic heterocycles. The quantitative estimate of drug-likeness (QED) is 0.520. The Labute approximate surface area is 184 Å². The van der Waals surface area contributed by atoms with E-state index in [2.05, 4.69) is 41.9 Å². The topological polar surface area (TPSA) is 46.5 Å². The molecule has 2 aromatic carbocycles. The Hall–Kier alpha value is -3.05. The Balaban J connectivity index is 1.53. The van der Waals surface area contributed by atoms with E-state index in [4.69, 9.17) is 4.74 Å². The van der Waals surface area contributed by atoms with Crippen LogP contribution in [0, 0.1) is 6.92 Å². The van der Waals surface area contributed by atoms with Crippen molar-refractivity contribution in [2.75, 3.05) is 26.2 Å². The van der Waals surface area contributed by atoms with E-state index in [9.17, 15) is 4.79 Å². The van der Waals surface area contributed by atoms with Gasteiger partial charge in [-0.25, -0.2) is 0 Å². The Morgan fingerprint density at radius 2 is 1.97 bits per heavy atom. The molecular formula is C26H31N3O2. The third-order valence-electron chi connectivity index (χ3n) is 5.84. The highest BCUT2D eigenvalue weighted by molar-refractivity contribution is 6.00. The number of amides is 1. The van der Waals surface area contributed by atoms with Crippen molar-refractivity contribution in [3.8, 4) is 5.75 Å². The van der Waals surface area contributed by atoms with Gasteiger partial charge in [-0.1, -0.05) is 42.0 Å². The fourth-order valence-electron chi connectivity index (χ4n) is 4.28. The summed E-state index contributed by atoms with van der Waals surface area (Å²) < 4.78 is 8.16. The largest absolute Gasteiger partial charge is 0.488 e. The number of nitrogens with zero attached hydrogens (tertiary/aromatic N) is 2. The van der Waals surface area contributed by atoms with Gasteiger partial charge in [-0.3, -0.25) is 4.79 Å². The summed E-state index contributed by atoms with van der Waals surface area (Å²) in [5.74, 6) is 0.731. The molecule has 1 saturated heterocycles. The van der Waals surface area contributed by atoms with Crippen LogP contribution in [0.1, 0.15) is 34.5 Å². The summed E-state index contributed by atoms with van der Waals surface area (Å²) in [5.41, 5.74) is 3.96. The normalized spacial score (nSPS) is 14.1. The molecule has 3 aromatic rings. The molecule has 1 N–H and O–H groups in total. The van der Waals surface area contributed by atoms with Gasteiger partial charge in [-0.2, -0.15) is 0 Å². The van der Waals surface area contributed by atoms with Gasteiger partial charge in [0.1, 0.15) is 18.1 Å². The highest BCUT2D eigenvalue weighted by atomic mass is 16.5. The van der Waals surface area contributed by atoms with Crippen LogP contribution in [0.25, 0.3) is 10.9 Å². The number of nitrogens with one attached hydrogen (secondary N) is 1. The van der Waals surface area contributed by atoms with Crippen LogP contribution in [0.3, 0.4) is 0 Å². The van der Waals surface area contributed by atoms with Gasteiger partial charge >= 0.3 is 0 Å². The molecule has 0 unspecified atom stereocenters. The predicted molar refractivity (Wildman–Crippen MR) is 126 cm³/mol. The zero-order valence-electron chi connectivity index (χ0n) is 18.3. The highest BCUT2D eigenvalue weighted by Gasteiger charge is 2.18. The first-order valence-electron chi connectivity index (χ1n) is 11.1. The second-order valence-corrected chi connectivity index (χ2v) is 8.20. The first kappa shape index (κ1) is 21.2. The van der Waals surface area contributed by atoms with Crippen LogP contribution >= 0.6 is 0 Å². The molecule has 0 aliphatic carbocycles. The third-order valence-corrected chi connectivity index (χ3v) is 5.84.